The molecule has 0 bridgehead atoms. The Balaban J connectivity index is 1.75. The van der Waals surface area contributed by atoms with Crippen LogP contribution in [0.5, 0.6) is 0 Å². The van der Waals surface area contributed by atoms with E-state index in [4.69, 9.17) is 4.98 Å². The van der Waals surface area contributed by atoms with Crippen molar-refractivity contribution < 1.29 is 14.0 Å². The van der Waals surface area contributed by atoms with E-state index in [1.807, 2.05) is 32.9 Å². The number of Topliss-reactive ketones (excluding diaryl/α,β-unsaturated/α-hetero) is 1. The number of fused-ring (bicyclic) bond motifs is 1. The first-order valence-corrected chi connectivity index (χ1v) is 9.70. The van der Waals surface area contributed by atoms with Gasteiger partial charge in [-0.3, -0.25) is 14.7 Å². The molecule has 0 unspecified atom stereocenters. The minimum atomic E-state index is -0.366. The highest BCUT2D eigenvalue weighted by Gasteiger charge is 2.26. The van der Waals surface area contributed by atoms with Gasteiger partial charge in [-0.05, 0) is 63.4 Å². The number of anilines is 1. The summed E-state index contributed by atoms with van der Waals surface area (Å²) in [5, 5.41) is 2.92. The third-order valence-corrected chi connectivity index (χ3v) is 4.93. The van der Waals surface area contributed by atoms with Gasteiger partial charge in [0, 0.05) is 19.0 Å². The fourth-order valence-corrected chi connectivity index (χ4v) is 3.36. The Hall–Kier alpha value is -2.76. The Morgan fingerprint density at radius 1 is 1.14 bits per heavy atom. The molecule has 2 amide bonds. The summed E-state index contributed by atoms with van der Waals surface area (Å²) < 4.78 is 13.0. The molecule has 28 heavy (non-hydrogen) atoms. The van der Waals surface area contributed by atoms with E-state index >= 15 is 0 Å². The minimum Gasteiger partial charge on any atom is -0.336 e. The molecule has 3 rings (SSSR count). The van der Waals surface area contributed by atoms with Gasteiger partial charge in [0.15, 0.2) is 0 Å². The van der Waals surface area contributed by atoms with E-state index in [2.05, 4.69) is 5.32 Å². The molecule has 0 saturated carbocycles. The smallest absolute Gasteiger partial charge is 0.322 e. The monoisotopic (exact) mass is 383 g/mol. The lowest BCUT2D eigenvalue weighted by atomic mass is 9.95. The fourth-order valence-electron chi connectivity index (χ4n) is 3.36. The van der Waals surface area contributed by atoms with Gasteiger partial charge < -0.3 is 5.32 Å². The molecule has 0 fully saturated rings. The first kappa shape index (κ1) is 20.0. The van der Waals surface area contributed by atoms with Crippen LogP contribution >= 0.6 is 0 Å². The van der Waals surface area contributed by atoms with Crippen molar-refractivity contribution in [3.8, 4) is 0 Å². The maximum absolute atomic E-state index is 13.0. The topological polar surface area (TPSA) is 62.3 Å². The number of amides is 2. The number of halogens is 1. The molecular weight excluding hydrogens is 357 g/mol. The number of nitrogens with one attached hydrogen (secondary N) is 1. The molecule has 1 aliphatic heterocycles. The molecule has 1 aliphatic rings. The molecule has 0 aliphatic carbocycles. The van der Waals surface area contributed by atoms with Crippen LogP contribution in [-0.4, -0.2) is 29.4 Å². The molecule has 5 nitrogen and oxygen atoms in total. The van der Waals surface area contributed by atoms with Crippen molar-refractivity contribution in [1.29, 1.82) is 0 Å². The standard InChI is InChI=1S/C22H26FN3O2/c1-14(2)24-22(28)26-12-4-5-19-20(26)11-10-18(25-19)15(3)21(27)13-16-6-8-17(23)9-7-16/h6-11,14-15H,4-5,12-13H2,1-3H3,(H,24,28)/t15-/m1/s1. The van der Waals surface area contributed by atoms with Crippen molar-refractivity contribution >= 4 is 17.5 Å². The largest absolute Gasteiger partial charge is 0.336 e. The normalized spacial score (nSPS) is 14.5. The second kappa shape index (κ2) is 8.50. The first-order chi connectivity index (χ1) is 13.3. The fraction of sp³-hybridized carbons (Fsp3) is 0.409. The van der Waals surface area contributed by atoms with Crippen molar-refractivity contribution in [3.05, 3.63) is 59.2 Å². The lowest BCUT2D eigenvalue weighted by Gasteiger charge is -2.30. The van der Waals surface area contributed by atoms with Gasteiger partial charge in [-0.1, -0.05) is 12.1 Å². The number of hydrogen-bond donors (Lipinski definition) is 1. The molecule has 1 aromatic heterocycles. The minimum absolute atomic E-state index is 0.0317. The van der Waals surface area contributed by atoms with Crippen LogP contribution in [0, 0.1) is 5.82 Å². The average molecular weight is 383 g/mol. The van der Waals surface area contributed by atoms with Gasteiger partial charge in [0.05, 0.1) is 23.0 Å². The van der Waals surface area contributed by atoms with E-state index in [0.717, 1.165) is 29.8 Å². The summed E-state index contributed by atoms with van der Waals surface area (Å²) >= 11 is 0. The summed E-state index contributed by atoms with van der Waals surface area (Å²) in [5.41, 5.74) is 3.15. The Labute approximate surface area is 165 Å². The average Bonchev–Trinajstić information content (AvgIpc) is 2.67. The SMILES string of the molecule is CC(C)NC(=O)N1CCCc2nc([C@@H](C)C(=O)Cc3ccc(F)cc3)ccc21. The van der Waals surface area contributed by atoms with E-state index < -0.39 is 0 Å². The third kappa shape index (κ3) is 4.55. The summed E-state index contributed by atoms with van der Waals surface area (Å²) in [4.78, 5) is 31.5. The van der Waals surface area contributed by atoms with Gasteiger partial charge in [0.1, 0.15) is 11.6 Å². The van der Waals surface area contributed by atoms with E-state index in [1.54, 1.807) is 17.0 Å². The van der Waals surface area contributed by atoms with Crippen molar-refractivity contribution in [1.82, 2.24) is 10.3 Å². The van der Waals surface area contributed by atoms with Crippen LogP contribution in [0.3, 0.4) is 0 Å². The lowest BCUT2D eigenvalue weighted by molar-refractivity contribution is -0.119. The highest BCUT2D eigenvalue weighted by molar-refractivity contribution is 5.93. The maximum Gasteiger partial charge on any atom is 0.322 e. The number of carbonyl (C=O) groups is 2. The van der Waals surface area contributed by atoms with Gasteiger partial charge >= 0.3 is 6.03 Å². The highest BCUT2D eigenvalue weighted by Crippen LogP contribution is 2.28. The van der Waals surface area contributed by atoms with Crippen LogP contribution in [0.25, 0.3) is 0 Å². The maximum atomic E-state index is 13.0. The lowest BCUT2D eigenvalue weighted by Crippen LogP contribution is -2.45. The molecule has 0 radical (unpaired) electrons. The molecule has 1 N–H and O–H groups in total. The number of carbonyl (C=O) groups excluding carboxylic acids is 2. The predicted octanol–water partition coefficient (Wildman–Crippen LogP) is 4.01. The predicted molar refractivity (Wildman–Crippen MR) is 107 cm³/mol. The summed E-state index contributed by atoms with van der Waals surface area (Å²) in [7, 11) is 0. The van der Waals surface area contributed by atoms with Gasteiger partial charge in [-0.2, -0.15) is 0 Å². The molecule has 148 valence electrons. The molecule has 6 heteroatoms. The quantitative estimate of drug-likeness (QED) is 0.849. The van der Waals surface area contributed by atoms with Crippen molar-refractivity contribution in [2.75, 3.05) is 11.4 Å². The Kier molecular flexibility index (Phi) is 6.07. The van der Waals surface area contributed by atoms with Crippen LogP contribution in [-0.2, 0) is 17.6 Å². The van der Waals surface area contributed by atoms with Gasteiger partial charge in [0.2, 0.25) is 0 Å². The van der Waals surface area contributed by atoms with Gasteiger partial charge in [-0.25, -0.2) is 9.18 Å². The Morgan fingerprint density at radius 3 is 2.54 bits per heavy atom. The zero-order valence-corrected chi connectivity index (χ0v) is 16.5. The molecule has 1 atom stereocenters. The number of hydrogen-bond acceptors (Lipinski definition) is 3. The summed E-state index contributed by atoms with van der Waals surface area (Å²) in [6.45, 7) is 6.36. The molecule has 0 spiro atoms. The summed E-state index contributed by atoms with van der Waals surface area (Å²) in [5.74, 6) is -0.647. The van der Waals surface area contributed by atoms with Crippen LogP contribution in [0.2, 0.25) is 0 Å². The molecule has 2 aromatic rings. The van der Waals surface area contributed by atoms with Gasteiger partial charge in [0.25, 0.3) is 0 Å². The molecule has 1 aromatic carbocycles. The van der Waals surface area contributed by atoms with Crippen molar-refractivity contribution in [2.24, 2.45) is 0 Å². The number of pyridine rings is 1. The second-order valence-corrected chi connectivity index (χ2v) is 7.55. The van der Waals surface area contributed by atoms with Crippen molar-refractivity contribution in [2.45, 2.75) is 52.0 Å². The van der Waals surface area contributed by atoms with Crippen LogP contribution < -0.4 is 10.2 Å². The third-order valence-electron chi connectivity index (χ3n) is 4.93. The van der Waals surface area contributed by atoms with E-state index in [9.17, 15) is 14.0 Å². The van der Waals surface area contributed by atoms with Gasteiger partial charge in [-0.15, -0.1) is 0 Å². The Morgan fingerprint density at radius 2 is 1.86 bits per heavy atom. The number of ketones is 1. The van der Waals surface area contributed by atoms with Crippen LogP contribution in [0.4, 0.5) is 14.9 Å². The van der Waals surface area contributed by atoms with Crippen LogP contribution in [0.15, 0.2) is 36.4 Å². The summed E-state index contributed by atoms with van der Waals surface area (Å²) in [6.07, 6.45) is 1.86. The molecule has 0 saturated heterocycles. The Bertz CT molecular complexity index is 865. The second-order valence-electron chi connectivity index (χ2n) is 7.55. The first-order valence-electron chi connectivity index (χ1n) is 9.70. The molecular formula is C22H26FN3O2. The molecule has 2 heterocycles. The van der Waals surface area contributed by atoms with E-state index in [-0.39, 0.29) is 36.0 Å². The van der Waals surface area contributed by atoms with Crippen molar-refractivity contribution in [3.63, 3.8) is 0 Å². The number of benzene rings is 1. The number of urea groups is 1. The number of aromatic nitrogens is 1. The van der Waals surface area contributed by atoms with E-state index in [1.165, 1.54) is 12.1 Å². The number of aryl methyl sites for hydroxylation is 1. The number of nitrogens with zero attached hydrogens (tertiary/aromatic N) is 2. The zero-order valence-electron chi connectivity index (χ0n) is 16.5. The van der Waals surface area contributed by atoms with E-state index in [0.29, 0.717) is 12.2 Å². The number of rotatable bonds is 5. The van der Waals surface area contributed by atoms with Crippen LogP contribution in [0.1, 0.15) is 50.1 Å². The summed E-state index contributed by atoms with van der Waals surface area (Å²) in [6, 6.07) is 9.64. The highest BCUT2D eigenvalue weighted by atomic mass is 19.1. The zero-order chi connectivity index (χ0) is 20.3.